The highest BCUT2D eigenvalue weighted by atomic mass is 14.5. The van der Waals surface area contributed by atoms with Gasteiger partial charge in [0, 0.05) is 6.54 Å². The van der Waals surface area contributed by atoms with Gasteiger partial charge < -0.3 is 11.5 Å². The van der Waals surface area contributed by atoms with Crippen molar-refractivity contribution in [2.75, 3.05) is 6.54 Å². The SMILES string of the molecule is N/C=C\C=C/CN. The van der Waals surface area contributed by atoms with E-state index in [1.807, 2.05) is 6.08 Å². The minimum atomic E-state index is 0.574. The molecule has 0 heterocycles. The lowest BCUT2D eigenvalue weighted by Crippen LogP contribution is -1.91. The minimum Gasteiger partial charge on any atom is -0.405 e. The summed E-state index contributed by atoms with van der Waals surface area (Å²) in [7, 11) is 0. The van der Waals surface area contributed by atoms with Gasteiger partial charge in [-0.2, -0.15) is 0 Å². The van der Waals surface area contributed by atoms with Crippen LogP contribution in [0, 0.1) is 0 Å². The summed E-state index contributed by atoms with van der Waals surface area (Å²) in [5.74, 6) is 0. The number of allylic oxidation sites excluding steroid dienone is 2. The van der Waals surface area contributed by atoms with Crippen molar-refractivity contribution in [1.82, 2.24) is 0 Å². The standard InChI is InChI=1S/C5H10N2/c6-4-2-1-3-5-7/h1-4H,5-7H2/b3-1-,4-2-. The lowest BCUT2D eigenvalue weighted by Gasteiger charge is -1.71. The van der Waals surface area contributed by atoms with E-state index in [0.717, 1.165) is 0 Å². The Bertz CT molecular complexity index is 74.1. The van der Waals surface area contributed by atoms with E-state index in [1.54, 1.807) is 12.2 Å². The molecular formula is C5H10N2. The highest BCUT2D eigenvalue weighted by Crippen LogP contribution is 1.67. The first kappa shape index (κ1) is 6.24. The van der Waals surface area contributed by atoms with Crippen LogP contribution in [0.15, 0.2) is 24.4 Å². The molecule has 0 fully saturated rings. The highest BCUT2D eigenvalue weighted by Gasteiger charge is 1.57. The maximum Gasteiger partial charge on any atom is 0.0109 e. The fraction of sp³-hybridized carbons (Fsp3) is 0.200. The van der Waals surface area contributed by atoms with Crippen molar-refractivity contribution in [2.45, 2.75) is 0 Å². The Hall–Kier alpha value is -0.760. The molecule has 0 amide bonds. The van der Waals surface area contributed by atoms with Crippen molar-refractivity contribution in [3.8, 4) is 0 Å². The molecule has 40 valence electrons. The molecule has 0 aliphatic carbocycles. The molecule has 0 aliphatic heterocycles. The summed E-state index contributed by atoms with van der Waals surface area (Å²) in [6.45, 7) is 0.574. The molecule has 0 saturated heterocycles. The molecule has 2 heteroatoms. The number of nitrogens with two attached hydrogens (primary N) is 2. The van der Waals surface area contributed by atoms with Crippen molar-refractivity contribution < 1.29 is 0 Å². The predicted octanol–water partition coefficient (Wildman–Crippen LogP) is -0.0263. The Balaban J connectivity index is 3.09. The van der Waals surface area contributed by atoms with Gasteiger partial charge in [-0.15, -0.1) is 0 Å². The summed E-state index contributed by atoms with van der Waals surface area (Å²) in [6, 6.07) is 0. The summed E-state index contributed by atoms with van der Waals surface area (Å²) in [6.07, 6.45) is 6.82. The molecule has 7 heavy (non-hydrogen) atoms. The first-order chi connectivity index (χ1) is 3.41. The first-order valence-corrected chi connectivity index (χ1v) is 2.15. The van der Waals surface area contributed by atoms with Crippen molar-refractivity contribution in [1.29, 1.82) is 0 Å². The van der Waals surface area contributed by atoms with Gasteiger partial charge in [0.05, 0.1) is 0 Å². The smallest absolute Gasteiger partial charge is 0.0109 e. The maximum atomic E-state index is 5.11. The highest BCUT2D eigenvalue weighted by molar-refractivity contribution is 5.00. The predicted molar refractivity (Wildman–Crippen MR) is 31.5 cm³/mol. The largest absolute Gasteiger partial charge is 0.405 e. The van der Waals surface area contributed by atoms with E-state index in [9.17, 15) is 0 Å². The molecule has 0 radical (unpaired) electrons. The molecule has 0 aromatic rings. The molecule has 0 unspecified atom stereocenters. The zero-order valence-corrected chi connectivity index (χ0v) is 4.17. The van der Waals surface area contributed by atoms with E-state index in [4.69, 9.17) is 11.5 Å². The molecule has 0 rings (SSSR count). The average molecular weight is 98.1 g/mol. The third kappa shape index (κ3) is 5.24. The Labute approximate surface area is 43.5 Å². The van der Waals surface area contributed by atoms with Crippen molar-refractivity contribution in [3.63, 3.8) is 0 Å². The lowest BCUT2D eigenvalue weighted by atomic mass is 10.5. The van der Waals surface area contributed by atoms with E-state index in [-0.39, 0.29) is 0 Å². The zero-order valence-electron chi connectivity index (χ0n) is 4.17. The van der Waals surface area contributed by atoms with E-state index in [1.165, 1.54) is 6.20 Å². The number of hydrogen-bond acceptors (Lipinski definition) is 2. The van der Waals surface area contributed by atoms with Crippen molar-refractivity contribution in [2.24, 2.45) is 11.5 Å². The third-order valence-corrected chi connectivity index (χ3v) is 0.494. The van der Waals surface area contributed by atoms with Gasteiger partial charge in [-0.25, -0.2) is 0 Å². The quantitative estimate of drug-likeness (QED) is 0.477. The van der Waals surface area contributed by atoms with Gasteiger partial charge in [-0.1, -0.05) is 12.2 Å². The molecule has 0 spiro atoms. The molecule has 0 aromatic carbocycles. The van der Waals surface area contributed by atoms with Crippen LogP contribution in [0.25, 0.3) is 0 Å². The van der Waals surface area contributed by atoms with Crippen molar-refractivity contribution >= 4 is 0 Å². The van der Waals surface area contributed by atoms with Crippen LogP contribution >= 0.6 is 0 Å². The molecule has 0 aromatic heterocycles. The Morgan fingerprint density at radius 1 is 1.29 bits per heavy atom. The minimum absolute atomic E-state index is 0.574. The first-order valence-electron chi connectivity index (χ1n) is 2.15. The van der Waals surface area contributed by atoms with E-state index >= 15 is 0 Å². The van der Waals surface area contributed by atoms with Crippen molar-refractivity contribution in [3.05, 3.63) is 24.4 Å². The van der Waals surface area contributed by atoms with Crippen LogP contribution in [0.3, 0.4) is 0 Å². The molecular weight excluding hydrogens is 88.1 g/mol. The molecule has 2 nitrogen and oxygen atoms in total. The van der Waals surface area contributed by atoms with Gasteiger partial charge in [0.1, 0.15) is 0 Å². The molecule has 0 saturated carbocycles. The Morgan fingerprint density at radius 3 is 2.43 bits per heavy atom. The van der Waals surface area contributed by atoms with Gasteiger partial charge in [-0.05, 0) is 12.3 Å². The van der Waals surface area contributed by atoms with Crippen LogP contribution in [0.2, 0.25) is 0 Å². The van der Waals surface area contributed by atoms with Crippen LogP contribution < -0.4 is 11.5 Å². The monoisotopic (exact) mass is 98.1 g/mol. The van der Waals surface area contributed by atoms with Gasteiger partial charge in [0.25, 0.3) is 0 Å². The van der Waals surface area contributed by atoms with Crippen LogP contribution in [-0.4, -0.2) is 6.54 Å². The molecule has 0 bridgehead atoms. The second-order valence-electron chi connectivity index (χ2n) is 1.05. The summed E-state index contributed by atoms with van der Waals surface area (Å²) in [5, 5.41) is 0. The van der Waals surface area contributed by atoms with Gasteiger partial charge >= 0.3 is 0 Å². The average Bonchev–Trinajstić information content (AvgIpc) is 1.69. The van der Waals surface area contributed by atoms with Crippen LogP contribution in [0.1, 0.15) is 0 Å². The molecule has 0 atom stereocenters. The fourth-order valence-corrected chi connectivity index (χ4v) is 0.221. The number of hydrogen-bond donors (Lipinski definition) is 2. The van der Waals surface area contributed by atoms with E-state index in [0.29, 0.717) is 6.54 Å². The molecule has 0 aliphatic rings. The Kier molecular flexibility index (Phi) is 4.67. The van der Waals surface area contributed by atoms with Crippen LogP contribution in [-0.2, 0) is 0 Å². The summed E-state index contributed by atoms with van der Waals surface area (Å²) < 4.78 is 0. The maximum absolute atomic E-state index is 5.11. The Morgan fingerprint density at radius 2 is 2.00 bits per heavy atom. The lowest BCUT2D eigenvalue weighted by molar-refractivity contribution is 1.25. The van der Waals surface area contributed by atoms with Crippen LogP contribution in [0.5, 0.6) is 0 Å². The second kappa shape index (κ2) is 5.24. The van der Waals surface area contributed by atoms with Gasteiger partial charge in [0.2, 0.25) is 0 Å². The number of rotatable bonds is 2. The topological polar surface area (TPSA) is 52.0 Å². The normalized spacial score (nSPS) is 11.6. The molecule has 4 N–H and O–H groups in total. The summed E-state index contributed by atoms with van der Waals surface area (Å²) in [4.78, 5) is 0. The van der Waals surface area contributed by atoms with Gasteiger partial charge in [0.15, 0.2) is 0 Å². The van der Waals surface area contributed by atoms with Crippen LogP contribution in [0.4, 0.5) is 0 Å². The fourth-order valence-electron chi connectivity index (χ4n) is 0.221. The summed E-state index contributed by atoms with van der Waals surface area (Å²) in [5.41, 5.74) is 10.1. The zero-order chi connectivity index (χ0) is 5.54. The van der Waals surface area contributed by atoms with Gasteiger partial charge in [-0.3, -0.25) is 0 Å². The van der Waals surface area contributed by atoms with E-state index < -0.39 is 0 Å². The summed E-state index contributed by atoms with van der Waals surface area (Å²) >= 11 is 0. The third-order valence-electron chi connectivity index (χ3n) is 0.494. The van der Waals surface area contributed by atoms with E-state index in [2.05, 4.69) is 0 Å². The second-order valence-corrected chi connectivity index (χ2v) is 1.05.